The summed E-state index contributed by atoms with van der Waals surface area (Å²) in [5.41, 5.74) is 24.5. The summed E-state index contributed by atoms with van der Waals surface area (Å²) in [7, 11) is 0. The van der Waals surface area contributed by atoms with Gasteiger partial charge in [-0.05, 0) is 151 Å². The third-order valence-electron chi connectivity index (χ3n) is 12.2. The lowest BCUT2D eigenvalue weighted by Crippen LogP contribution is -2.20. The smallest absolute Gasteiger partial charge is 0.262 e. The molecule has 1 amide bonds. The highest BCUT2D eigenvalue weighted by Crippen LogP contribution is 2.39. The van der Waals surface area contributed by atoms with Crippen LogP contribution in [0.3, 0.4) is 0 Å². The monoisotopic (exact) mass is 898 g/mol. The molecule has 0 fully saturated rings. The van der Waals surface area contributed by atoms with Crippen molar-refractivity contribution in [2.45, 2.75) is 6.92 Å². The molecule has 0 spiro atoms. The number of hydrogen-bond donors (Lipinski definition) is 6. The minimum absolute atomic E-state index is 0.211. The predicted molar refractivity (Wildman–Crippen MR) is 284 cm³/mol. The molecule has 69 heavy (non-hydrogen) atoms. The molecular formula is C59H46N8O2. The Labute approximate surface area is 399 Å². The van der Waals surface area contributed by atoms with Crippen molar-refractivity contribution in [1.29, 1.82) is 0 Å². The SMILES string of the molecule is Cc1c2nc(c(-c3ccccc3OCC(=O)Nc3ccc(Nc4ccc(Nc5ccc(N)cc5)cc4)cc3)c3ccc([nH]3)c(-c3ccccc3)c3nc(c(-c4ccccc4)c4ccc1[nH]4)C=C3)C=C2. The zero-order valence-corrected chi connectivity index (χ0v) is 37.6. The van der Waals surface area contributed by atoms with Crippen LogP contribution in [-0.2, 0) is 4.79 Å². The Balaban J connectivity index is 0.909. The van der Waals surface area contributed by atoms with Gasteiger partial charge in [-0.2, -0.15) is 0 Å². The Kier molecular flexibility index (Phi) is 11.3. The minimum Gasteiger partial charge on any atom is -0.483 e. The maximum atomic E-state index is 13.5. The molecule has 0 aliphatic carbocycles. The quantitative estimate of drug-likeness (QED) is 0.0709. The molecule has 2 aliphatic heterocycles. The number of benzene rings is 6. The van der Waals surface area contributed by atoms with Gasteiger partial charge < -0.3 is 36.4 Å². The van der Waals surface area contributed by atoms with Crippen molar-refractivity contribution in [2.24, 2.45) is 0 Å². The number of fused-ring (bicyclic) bond motifs is 8. The molecule has 8 bridgehead atoms. The summed E-state index contributed by atoms with van der Waals surface area (Å²) >= 11 is 0. The van der Waals surface area contributed by atoms with E-state index in [1.807, 2.05) is 127 Å². The molecule has 0 saturated carbocycles. The van der Waals surface area contributed by atoms with E-state index in [4.69, 9.17) is 20.4 Å². The number of nitrogen functional groups attached to an aromatic ring is 1. The fraction of sp³-hybridized carbons (Fsp3) is 0.0339. The molecular weight excluding hydrogens is 853 g/mol. The molecule has 0 atom stereocenters. The number of aromatic amines is 2. The number of para-hydroxylation sites is 1. The zero-order valence-electron chi connectivity index (χ0n) is 37.6. The van der Waals surface area contributed by atoms with Gasteiger partial charge in [0.2, 0.25) is 0 Å². The lowest BCUT2D eigenvalue weighted by atomic mass is 10.0. The number of hydrogen-bond acceptors (Lipinski definition) is 7. The van der Waals surface area contributed by atoms with Crippen LogP contribution < -0.4 is 26.4 Å². The van der Waals surface area contributed by atoms with Crippen LogP contribution in [0, 0.1) is 6.92 Å². The topological polar surface area (TPSA) is 146 Å². The van der Waals surface area contributed by atoms with Gasteiger partial charge in [-0.25, -0.2) is 9.97 Å². The Morgan fingerprint density at radius 3 is 1.46 bits per heavy atom. The number of nitrogens with two attached hydrogens (primary N) is 1. The first kappa shape index (κ1) is 42.2. The van der Waals surface area contributed by atoms with Crippen LogP contribution >= 0.6 is 0 Å². The van der Waals surface area contributed by atoms with Crippen molar-refractivity contribution in [3.63, 3.8) is 0 Å². The van der Waals surface area contributed by atoms with Gasteiger partial charge in [-0.1, -0.05) is 78.9 Å². The van der Waals surface area contributed by atoms with Crippen molar-refractivity contribution in [1.82, 2.24) is 19.9 Å². The van der Waals surface area contributed by atoms with E-state index in [2.05, 4.69) is 112 Å². The lowest BCUT2D eigenvalue weighted by Gasteiger charge is -2.13. The van der Waals surface area contributed by atoms with Crippen LogP contribution in [-0.4, -0.2) is 32.4 Å². The van der Waals surface area contributed by atoms with Gasteiger partial charge >= 0.3 is 0 Å². The zero-order chi connectivity index (χ0) is 46.7. The molecule has 0 radical (unpaired) electrons. The maximum Gasteiger partial charge on any atom is 0.262 e. The highest BCUT2D eigenvalue weighted by molar-refractivity contribution is 5.99. The van der Waals surface area contributed by atoms with E-state index in [1.54, 1.807) is 0 Å². The van der Waals surface area contributed by atoms with Gasteiger partial charge in [0.15, 0.2) is 6.61 Å². The van der Waals surface area contributed by atoms with Crippen molar-refractivity contribution in [2.75, 3.05) is 28.3 Å². The molecule has 2 aliphatic rings. The number of nitrogens with zero attached hydrogens (tertiary/aromatic N) is 2. The van der Waals surface area contributed by atoms with Gasteiger partial charge in [0.25, 0.3) is 5.91 Å². The Bertz CT molecular complexity index is 3600. The predicted octanol–water partition coefficient (Wildman–Crippen LogP) is 14.1. The van der Waals surface area contributed by atoms with E-state index in [1.165, 1.54) is 0 Å². The van der Waals surface area contributed by atoms with Gasteiger partial charge in [0.1, 0.15) is 5.75 Å². The Hall–Kier alpha value is -9.41. The highest BCUT2D eigenvalue weighted by Gasteiger charge is 2.19. The molecule has 0 saturated heterocycles. The molecule has 11 rings (SSSR count). The number of anilines is 6. The van der Waals surface area contributed by atoms with Gasteiger partial charge in [-0.15, -0.1) is 0 Å². The number of carbonyl (C=O) groups is 1. The standard InChI is InChI=1S/C59H46N8O2/c1-37-47-28-30-49(64-47)57(38-10-4-2-5-11-38)50-32-33-51(66-50)58(39-12-6-3-7-13-39)52-34-35-54(67-52)59(53-31-29-48(37)65-53)46-14-8-9-15-55(46)69-36-56(68)63-45-26-24-44(25-27-45)62-43-22-20-42(21-23-43)61-41-18-16-40(60)17-19-41/h2-35,61-62,64,67H,36,60H2,1H3,(H,63,68). The summed E-state index contributed by atoms with van der Waals surface area (Å²) in [6.45, 7) is 1.87. The highest BCUT2D eigenvalue weighted by atomic mass is 16.5. The second-order valence-corrected chi connectivity index (χ2v) is 16.8. The van der Waals surface area contributed by atoms with Crippen LogP contribution in [0.5, 0.6) is 5.75 Å². The number of carbonyl (C=O) groups excluding carboxylic acids is 1. The summed E-state index contributed by atoms with van der Waals surface area (Å²) in [4.78, 5) is 31.6. The summed E-state index contributed by atoms with van der Waals surface area (Å²) < 4.78 is 6.39. The van der Waals surface area contributed by atoms with E-state index in [9.17, 15) is 4.79 Å². The van der Waals surface area contributed by atoms with Crippen molar-refractivity contribution >= 4 is 86.4 Å². The van der Waals surface area contributed by atoms with E-state index < -0.39 is 0 Å². The van der Waals surface area contributed by atoms with Crippen molar-refractivity contribution in [3.05, 3.63) is 210 Å². The number of rotatable bonds is 11. The van der Waals surface area contributed by atoms with Crippen LogP contribution in [0.4, 0.5) is 34.1 Å². The van der Waals surface area contributed by atoms with Crippen LogP contribution in [0.2, 0.25) is 0 Å². The van der Waals surface area contributed by atoms with Crippen molar-refractivity contribution < 1.29 is 9.53 Å². The fourth-order valence-electron chi connectivity index (χ4n) is 8.76. The summed E-state index contributed by atoms with van der Waals surface area (Å²) in [6.07, 6.45) is 8.29. The fourth-order valence-corrected chi connectivity index (χ4v) is 8.76. The third kappa shape index (κ3) is 8.97. The van der Waals surface area contributed by atoms with Crippen molar-refractivity contribution in [3.8, 4) is 39.1 Å². The second kappa shape index (κ2) is 18.5. The maximum absolute atomic E-state index is 13.5. The normalized spacial score (nSPS) is 11.6. The Morgan fingerprint density at radius 2 is 0.899 bits per heavy atom. The van der Waals surface area contributed by atoms with Gasteiger partial charge in [-0.3, -0.25) is 4.79 Å². The van der Waals surface area contributed by atoms with E-state index in [-0.39, 0.29) is 12.5 Å². The van der Waals surface area contributed by atoms with Gasteiger partial charge in [0.05, 0.1) is 22.8 Å². The molecule has 5 heterocycles. The number of aromatic nitrogens is 4. The average Bonchev–Trinajstić information content (AvgIpc) is 4.24. The third-order valence-corrected chi connectivity index (χ3v) is 12.2. The lowest BCUT2D eigenvalue weighted by molar-refractivity contribution is -0.118. The van der Waals surface area contributed by atoms with Gasteiger partial charge in [0, 0.05) is 78.4 Å². The molecule has 3 aromatic heterocycles. The van der Waals surface area contributed by atoms with Crippen LogP contribution in [0.25, 0.3) is 79.8 Å². The summed E-state index contributed by atoms with van der Waals surface area (Å²) in [6, 6.07) is 60.1. The molecule has 10 heteroatoms. The summed E-state index contributed by atoms with van der Waals surface area (Å²) in [5.74, 6) is 0.251. The molecule has 7 N–H and O–H groups in total. The van der Waals surface area contributed by atoms with Crippen LogP contribution in [0.15, 0.2) is 182 Å². The first-order valence-electron chi connectivity index (χ1n) is 22.7. The number of aryl methyl sites for hydroxylation is 1. The molecule has 334 valence electrons. The number of ether oxygens (including phenoxy) is 1. The average molecular weight is 899 g/mol. The largest absolute Gasteiger partial charge is 0.483 e. The Morgan fingerprint density at radius 1 is 0.478 bits per heavy atom. The van der Waals surface area contributed by atoms with Crippen LogP contribution in [0.1, 0.15) is 28.3 Å². The van der Waals surface area contributed by atoms with E-state index in [0.29, 0.717) is 11.4 Å². The number of amides is 1. The first-order chi connectivity index (χ1) is 33.9. The second-order valence-electron chi connectivity index (χ2n) is 16.8. The number of nitrogens with one attached hydrogen (secondary N) is 5. The summed E-state index contributed by atoms with van der Waals surface area (Å²) in [5, 5.41) is 9.79. The molecule has 10 nitrogen and oxygen atoms in total. The molecule has 9 aromatic rings. The van der Waals surface area contributed by atoms with E-state index >= 15 is 0 Å². The minimum atomic E-state index is -0.291. The number of H-pyrrole nitrogens is 2. The molecule has 0 unspecified atom stereocenters. The van der Waals surface area contributed by atoms with E-state index in [0.717, 1.165) is 112 Å². The molecule has 6 aromatic carbocycles. The first-order valence-corrected chi connectivity index (χ1v) is 22.7.